The van der Waals surface area contributed by atoms with E-state index < -0.39 is 0 Å². The molecule has 2 saturated heterocycles. The Morgan fingerprint density at radius 2 is 1.86 bits per heavy atom. The molecule has 2 N–H and O–H groups in total. The second kappa shape index (κ2) is 10.4. The van der Waals surface area contributed by atoms with Crippen molar-refractivity contribution in [1.29, 1.82) is 0 Å². The van der Waals surface area contributed by atoms with E-state index in [0.717, 1.165) is 61.7 Å². The van der Waals surface area contributed by atoms with E-state index in [0.29, 0.717) is 12.5 Å². The van der Waals surface area contributed by atoms with Crippen LogP contribution < -0.4 is 15.5 Å². The predicted molar refractivity (Wildman–Crippen MR) is 131 cm³/mol. The van der Waals surface area contributed by atoms with E-state index in [4.69, 9.17) is 5.73 Å². The third-order valence-corrected chi connectivity index (χ3v) is 6.47. The molecule has 4 heterocycles. The minimum atomic E-state index is 0. The quantitative estimate of drug-likeness (QED) is 0.375. The number of aliphatic imine (C=N–C) groups is 1. The molecule has 0 bridgehead atoms. The lowest BCUT2D eigenvalue weighted by atomic mass is 9.99. The average Bonchev–Trinajstić information content (AvgIpc) is 3.28. The molecular formula is C20H30IN7S. The second-order valence-electron chi connectivity index (χ2n) is 7.66. The van der Waals surface area contributed by atoms with Crippen molar-refractivity contribution in [3.05, 3.63) is 35.5 Å². The number of thiazole rings is 1. The van der Waals surface area contributed by atoms with Gasteiger partial charge in [-0.3, -0.25) is 0 Å². The van der Waals surface area contributed by atoms with Gasteiger partial charge in [-0.25, -0.2) is 15.0 Å². The van der Waals surface area contributed by atoms with Gasteiger partial charge in [0, 0.05) is 57.0 Å². The molecule has 0 radical (unpaired) electrons. The Labute approximate surface area is 194 Å². The molecule has 0 spiro atoms. The predicted octanol–water partition coefficient (Wildman–Crippen LogP) is 3.03. The second-order valence-corrected chi connectivity index (χ2v) is 8.53. The first-order valence-corrected chi connectivity index (χ1v) is 11.0. The van der Waals surface area contributed by atoms with Crippen molar-refractivity contribution < 1.29 is 0 Å². The van der Waals surface area contributed by atoms with Crippen LogP contribution in [0.1, 0.15) is 25.3 Å². The Balaban J connectivity index is 0.00000240. The highest BCUT2D eigenvalue weighted by Crippen LogP contribution is 2.21. The van der Waals surface area contributed by atoms with Crippen LogP contribution in [-0.4, -0.2) is 60.1 Å². The van der Waals surface area contributed by atoms with Crippen LogP contribution in [0.3, 0.4) is 0 Å². The summed E-state index contributed by atoms with van der Waals surface area (Å²) < 4.78 is 0. The third kappa shape index (κ3) is 5.71. The summed E-state index contributed by atoms with van der Waals surface area (Å²) in [5.74, 6) is 2.52. The van der Waals surface area contributed by atoms with Crippen LogP contribution in [0.2, 0.25) is 0 Å². The maximum absolute atomic E-state index is 6.24. The number of piperidine rings is 1. The van der Waals surface area contributed by atoms with Crippen LogP contribution in [0, 0.1) is 5.92 Å². The highest BCUT2D eigenvalue weighted by atomic mass is 127. The summed E-state index contributed by atoms with van der Waals surface area (Å²) in [6.45, 7) is 8.71. The van der Waals surface area contributed by atoms with E-state index >= 15 is 0 Å². The summed E-state index contributed by atoms with van der Waals surface area (Å²) in [7, 11) is 0. The molecule has 158 valence electrons. The third-order valence-electron chi connectivity index (χ3n) is 5.63. The van der Waals surface area contributed by atoms with Crippen LogP contribution in [0.15, 0.2) is 34.9 Å². The van der Waals surface area contributed by atoms with Gasteiger partial charge in [0.2, 0.25) is 0 Å². The molecule has 2 aliphatic heterocycles. The van der Waals surface area contributed by atoms with Crippen molar-refractivity contribution in [3.63, 3.8) is 0 Å². The molecule has 0 amide bonds. The number of rotatable bonds is 4. The van der Waals surface area contributed by atoms with E-state index in [9.17, 15) is 0 Å². The lowest BCUT2D eigenvalue weighted by molar-refractivity contribution is 0.380. The molecule has 9 heteroatoms. The lowest BCUT2D eigenvalue weighted by Crippen LogP contribution is -2.51. The number of guanidine groups is 1. The topological polar surface area (TPSA) is 73.9 Å². The minimum Gasteiger partial charge on any atom is -0.370 e. The molecule has 0 saturated carbocycles. The Bertz CT molecular complexity index is 765. The van der Waals surface area contributed by atoms with Crippen LogP contribution in [0.4, 0.5) is 10.9 Å². The molecule has 0 aliphatic carbocycles. The van der Waals surface area contributed by atoms with E-state index in [-0.39, 0.29) is 24.0 Å². The molecule has 2 aromatic rings. The maximum atomic E-state index is 6.24. The van der Waals surface area contributed by atoms with Crippen molar-refractivity contribution in [2.75, 3.05) is 49.1 Å². The fourth-order valence-corrected chi connectivity index (χ4v) is 4.40. The smallest absolute Gasteiger partial charge is 0.191 e. The Kier molecular flexibility index (Phi) is 7.93. The summed E-state index contributed by atoms with van der Waals surface area (Å²) in [5.41, 5.74) is 7.33. The van der Waals surface area contributed by atoms with Crippen LogP contribution >= 0.6 is 35.3 Å². The number of anilines is 2. The molecular weight excluding hydrogens is 497 g/mol. The van der Waals surface area contributed by atoms with Crippen molar-refractivity contribution >= 4 is 52.2 Å². The van der Waals surface area contributed by atoms with E-state index in [2.05, 4.69) is 48.7 Å². The summed E-state index contributed by atoms with van der Waals surface area (Å²) in [5, 5.41) is 3.10. The Morgan fingerprint density at radius 1 is 1.10 bits per heavy atom. The fourth-order valence-electron chi connectivity index (χ4n) is 3.71. The van der Waals surface area contributed by atoms with Crippen LogP contribution in [0.25, 0.3) is 0 Å². The lowest BCUT2D eigenvalue weighted by Gasteiger charge is -2.35. The maximum Gasteiger partial charge on any atom is 0.191 e. The van der Waals surface area contributed by atoms with Gasteiger partial charge < -0.3 is 20.4 Å². The Hall–Kier alpha value is -1.62. The van der Waals surface area contributed by atoms with Crippen LogP contribution in [0.5, 0.6) is 0 Å². The fraction of sp³-hybridized carbons (Fsp3) is 0.550. The first-order valence-electron chi connectivity index (χ1n) is 10.1. The minimum absolute atomic E-state index is 0. The van der Waals surface area contributed by atoms with E-state index in [1.54, 1.807) is 11.3 Å². The summed E-state index contributed by atoms with van der Waals surface area (Å²) in [6, 6.07) is 4.24. The van der Waals surface area contributed by atoms with Gasteiger partial charge in [-0.2, -0.15) is 0 Å². The van der Waals surface area contributed by atoms with Crippen LogP contribution in [-0.2, 0) is 6.54 Å². The zero-order valence-electron chi connectivity index (χ0n) is 16.9. The number of nitrogens with two attached hydrogens (primary N) is 1. The monoisotopic (exact) mass is 527 g/mol. The van der Waals surface area contributed by atoms with Crippen molar-refractivity contribution in [2.24, 2.45) is 16.6 Å². The van der Waals surface area contributed by atoms with Gasteiger partial charge in [-0.05, 0) is 30.4 Å². The molecule has 7 nitrogen and oxygen atoms in total. The average molecular weight is 527 g/mol. The van der Waals surface area contributed by atoms with Gasteiger partial charge in [0.1, 0.15) is 5.82 Å². The van der Waals surface area contributed by atoms with Crippen molar-refractivity contribution in [1.82, 2.24) is 14.9 Å². The number of aromatic nitrogens is 2. The number of nitrogens with zero attached hydrogens (tertiary/aromatic N) is 6. The number of halogens is 1. The first-order chi connectivity index (χ1) is 13.7. The highest BCUT2D eigenvalue weighted by Gasteiger charge is 2.20. The molecule has 4 rings (SSSR count). The molecule has 2 fully saturated rings. The summed E-state index contributed by atoms with van der Waals surface area (Å²) >= 11 is 1.68. The van der Waals surface area contributed by atoms with Gasteiger partial charge in [-0.1, -0.05) is 13.0 Å². The number of piperazine rings is 1. The normalized spacial score (nSPS) is 18.7. The number of pyridine rings is 1. The van der Waals surface area contributed by atoms with E-state index in [1.807, 2.05) is 17.8 Å². The number of hydrogen-bond acceptors (Lipinski definition) is 6. The molecule has 0 unspecified atom stereocenters. The van der Waals surface area contributed by atoms with Gasteiger partial charge >= 0.3 is 0 Å². The van der Waals surface area contributed by atoms with Gasteiger partial charge in [0.25, 0.3) is 0 Å². The van der Waals surface area contributed by atoms with E-state index in [1.165, 1.54) is 12.8 Å². The molecule has 29 heavy (non-hydrogen) atoms. The SMILES string of the molecule is CC1CCN(c2ccc(CN=C(N)N3CCN(c4nccs4)CC3)cn2)CC1.I. The van der Waals surface area contributed by atoms with Gasteiger partial charge in [0.15, 0.2) is 11.1 Å². The summed E-state index contributed by atoms with van der Waals surface area (Å²) in [4.78, 5) is 20.5. The number of hydrogen-bond donors (Lipinski definition) is 1. The highest BCUT2D eigenvalue weighted by molar-refractivity contribution is 14.0. The van der Waals surface area contributed by atoms with Gasteiger partial charge in [0.05, 0.1) is 6.54 Å². The Morgan fingerprint density at radius 3 is 2.48 bits per heavy atom. The zero-order chi connectivity index (χ0) is 19.3. The molecule has 0 aromatic carbocycles. The van der Waals surface area contributed by atoms with Gasteiger partial charge in [-0.15, -0.1) is 35.3 Å². The van der Waals surface area contributed by atoms with Crippen molar-refractivity contribution in [3.8, 4) is 0 Å². The zero-order valence-corrected chi connectivity index (χ0v) is 20.1. The van der Waals surface area contributed by atoms with Crippen molar-refractivity contribution in [2.45, 2.75) is 26.3 Å². The molecule has 0 atom stereocenters. The molecule has 2 aliphatic rings. The molecule has 2 aromatic heterocycles. The summed E-state index contributed by atoms with van der Waals surface area (Å²) in [6.07, 6.45) is 6.29. The largest absolute Gasteiger partial charge is 0.370 e. The standard InChI is InChI=1S/C20H29N7S.HI/c1-16-4-7-25(8-5-16)18-3-2-17(14-23-18)15-24-19(21)26-9-11-27(12-10-26)20-22-6-13-28-20;/h2-3,6,13-14,16H,4-5,7-12,15H2,1H3,(H2,21,24);1H. The first kappa shape index (κ1) is 22.1.